The van der Waals surface area contributed by atoms with Crippen molar-refractivity contribution in [2.45, 2.75) is 19.8 Å². The van der Waals surface area contributed by atoms with Crippen LogP contribution in [0.2, 0.25) is 0 Å². The monoisotopic (exact) mass is 315 g/mol. The second kappa shape index (κ2) is 11.0. The van der Waals surface area contributed by atoms with Crippen LogP contribution in [0.5, 0.6) is 0 Å². The zero-order valence-corrected chi connectivity index (χ0v) is 14.3. The number of rotatable bonds is 7. The van der Waals surface area contributed by atoms with Crippen LogP contribution >= 0.6 is 0 Å². The third kappa shape index (κ3) is 6.69. The quantitative estimate of drug-likeness (QED) is 0.420. The highest BCUT2D eigenvalue weighted by atomic mass is 14.8. The normalized spacial score (nSPS) is 10.9. The maximum atomic E-state index is 3.33. The molecule has 0 heterocycles. The molecule has 0 amide bonds. The number of benzene rings is 2. The molecule has 0 aromatic heterocycles. The fourth-order valence-electron chi connectivity index (χ4n) is 2.25. The van der Waals surface area contributed by atoms with Crippen molar-refractivity contribution in [3.05, 3.63) is 84.5 Å². The molecule has 0 aliphatic heterocycles. The molecule has 24 heavy (non-hydrogen) atoms. The predicted octanol–water partition coefficient (Wildman–Crippen LogP) is 5.21. The second-order valence-electron chi connectivity index (χ2n) is 5.48. The molecule has 2 aromatic carbocycles. The van der Waals surface area contributed by atoms with E-state index in [0.717, 1.165) is 31.5 Å². The molecular weight excluding hydrogens is 290 g/mol. The number of allylic oxidation sites excluding steroid dienone is 3. The summed E-state index contributed by atoms with van der Waals surface area (Å²) in [6.45, 7) is 3.82. The minimum Gasteiger partial charge on any atom is -0.306 e. The fourth-order valence-corrected chi connectivity index (χ4v) is 2.25. The Kier molecular flexibility index (Phi) is 8.19. The topological polar surface area (TPSA) is 12.0 Å². The van der Waals surface area contributed by atoms with Gasteiger partial charge in [0.25, 0.3) is 0 Å². The van der Waals surface area contributed by atoms with E-state index in [-0.39, 0.29) is 0 Å². The van der Waals surface area contributed by atoms with Gasteiger partial charge in [-0.1, -0.05) is 85.5 Å². The van der Waals surface area contributed by atoms with Gasteiger partial charge in [-0.05, 0) is 42.6 Å². The van der Waals surface area contributed by atoms with Gasteiger partial charge >= 0.3 is 0 Å². The van der Waals surface area contributed by atoms with E-state index in [0.29, 0.717) is 0 Å². The van der Waals surface area contributed by atoms with Crippen molar-refractivity contribution in [1.29, 1.82) is 0 Å². The smallest absolute Gasteiger partial charge is 0.0580 e. The fraction of sp³-hybridized carbons (Fsp3) is 0.217. The van der Waals surface area contributed by atoms with Crippen molar-refractivity contribution in [2.75, 3.05) is 13.1 Å². The summed E-state index contributed by atoms with van der Waals surface area (Å²) in [4.78, 5) is 0. The lowest BCUT2D eigenvalue weighted by atomic mass is 10.0. The van der Waals surface area contributed by atoms with Crippen LogP contribution in [0.3, 0.4) is 0 Å². The molecule has 2 rings (SSSR count). The van der Waals surface area contributed by atoms with E-state index in [4.69, 9.17) is 0 Å². The highest BCUT2D eigenvalue weighted by Gasteiger charge is 1.95. The van der Waals surface area contributed by atoms with Gasteiger partial charge in [0.05, 0.1) is 6.54 Å². The average Bonchev–Trinajstić information content (AvgIpc) is 2.64. The minimum atomic E-state index is 0.721. The Morgan fingerprint density at radius 1 is 0.875 bits per heavy atom. The van der Waals surface area contributed by atoms with Crippen LogP contribution in [-0.4, -0.2) is 13.1 Å². The molecular formula is C23H25N. The zero-order chi connectivity index (χ0) is 16.9. The van der Waals surface area contributed by atoms with Crippen LogP contribution in [0.15, 0.2) is 78.9 Å². The molecule has 0 radical (unpaired) electrons. The van der Waals surface area contributed by atoms with Crippen molar-refractivity contribution in [2.24, 2.45) is 0 Å². The van der Waals surface area contributed by atoms with E-state index >= 15 is 0 Å². The molecule has 0 saturated heterocycles. The largest absolute Gasteiger partial charge is 0.306 e. The van der Waals surface area contributed by atoms with Gasteiger partial charge in [-0.25, -0.2) is 0 Å². The van der Waals surface area contributed by atoms with Crippen LogP contribution in [0.4, 0.5) is 0 Å². The molecule has 1 heteroatoms. The van der Waals surface area contributed by atoms with Crippen LogP contribution < -0.4 is 5.32 Å². The number of hydrogen-bond acceptors (Lipinski definition) is 1. The van der Waals surface area contributed by atoms with E-state index in [1.165, 1.54) is 11.1 Å². The van der Waals surface area contributed by atoms with Crippen molar-refractivity contribution in [3.63, 3.8) is 0 Å². The molecule has 0 atom stereocenters. The average molecular weight is 315 g/mol. The Morgan fingerprint density at radius 2 is 1.58 bits per heavy atom. The Labute approximate surface area is 146 Å². The van der Waals surface area contributed by atoms with E-state index in [9.17, 15) is 0 Å². The minimum absolute atomic E-state index is 0.721. The number of hydrogen-bond donors (Lipinski definition) is 1. The maximum Gasteiger partial charge on any atom is 0.0580 e. The highest BCUT2D eigenvalue weighted by Crippen LogP contribution is 2.18. The summed E-state index contributed by atoms with van der Waals surface area (Å²) in [6.07, 6.45) is 10.6. The lowest BCUT2D eigenvalue weighted by molar-refractivity contribution is 0.766. The summed E-state index contributed by atoms with van der Waals surface area (Å²) in [5.74, 6) is 6.37. The predicted molar refractivity (Wildman–Crippen MR) is 105 cm³/mol. The Bertz CT molecular complexity index is 697. The highest BCUT2D eigenvalue weighted by molar-refractivity contribution is 5.64. The first-order chi connectivity index (χ1) is 11.9. The Balaban J connectivity index is 1.72. The van der Waals surface area contributed by atoms with Crippen molar-refractivity contribution >= 4 is 0 Å². The third-order valence-corrected chi connectivity index (χ3v) is 3.54. The van der Waals surface area contributed by atoms with E-state index < -0.39 is 0 Å². The van der Waals surface area contributed by atoms with E-state index in [1.807, 2.05) is 6.07 Å². The summed E-state index contributed by atoms with van der Waals surface area (Å²) >= 11 is 0. The summed E-state index contributed by atoms with van der Waals surface area (Å²) in [7, 11) is 0. The van der Waals surface area contributed by atoms with E-state index in [1.54, 1.807) is 0 Å². The van der Waals surface area contributed by atoms with Crippen molar-refractivity contribution < 1.29 is 0 Å². The molecule has 0 spiro atoms. The lowest BCUT2D eigenvalue weighted by Crippen LogP contribution is -2.14. The first kappa shape index (κ1) is 17.8. The lowest BCUT2D eigenvalue weighted by Gasteiger charge is -2.00. The molecule has 0 aliphatic rings. The van der Waals surface area contributed by atoms with Gasteiger partial charge in [0, 0.05) is 5.56 Å². The molecule has 2 aromatic rings. The molecule has 0 unspecified atom stereocenters. The first-order valence-electron chi connectivity index (χ1n) is 8.57. The molecule has 1 nitrogen and oxygen atoms in total. The molecule has 0 fully saturated rings. The van der Waals surface area contributed by atoms with Crippen LogP contribution in [0.25, 0.3) is 11.1 Å². The van der Waals surface area contributed by atoms with E-state index in [2.05, 4.69) is 96.9 Å². The summed E-state index contributed by atoms with van der Waals surface area (Å²) < 4.78 is 0. The van der Waals surface area contributed by atoms with Gasteiger partial charge < -0.3 is 5.32 Å². The van der Waals surface area contributed by atoms with Crippen molar-refractivity contribution in [1.82, 2.24) is 5.32 Å². The van der Waals surface area contributed by atoms with Crippen molar-refractivity contribution in [3.8, 4) is 23.0 Å². The zero-order valence-electron chi connectivity index (χ0n) is 14.3. The Hall–Kier alpha value is -2.56. The van der Waals surface area contributed by atoms with Gasteiger partial charge in [0.1, 0.15) is 0 Å². The summed E-state index contributed by atoms with van der Waals surface area (Å²) in [5.41, 5.74) is 3.52. The SMILES string of the molecule is CC/C=C\C=CCCNCC#Cc1ccc(-c2ccccc2)cc1. The first-order valence-corrected chi connectivity index (χ1v) is 8.57. The van der Waals surface area contributed by atoms with Crippen LogP contribution in [0, 0.1) is 11.8 Å². The van der Waals surface area contributed by atoms with Crippen LogP contribution in [0.1, 0.15) is 25.3 Å². The maximum absolute atomic E-state index is 3.33. The van der Waals surface area contributed by atoms with Gasteiger partial charge in [0.15, 0.2) is 0 Å². The molecule has 0 aliphatic carbocycles. The van der Waals surface area contributed by atoms with Crippen LogP contribution in [-0.2, 0) is 0 Å². The van der Waals surface area contributed by atoms with Gasteiger partial charge in [-0.2, -0.15) is 0 Å². The number of nitrogens with one attached hydrogen (secondary N) is 1. The third-order valence-electron chi connectivity index (χ3n) is 3.54. The molecule has 0 saturated carbocycles. The second-order valence-corrected chi connectivity index (χ2v) is 5.48. The molecule has 1 N–H and O–H groups in total. The Morgan fingerprint density at radius 3 is 2.33 bits per heavy atom. The molecule has 0 bridgehead atoms. The van der Waals surface area contributed by atoms with Gasteiger partial charge in [-0.15, -0.1) is 0 Å². The molecule has 122 valence electrons. The van der Waals surface area contributed by atoms with Gasteiger partial charge in [0.2, 0.25) is 0 Å². The van der Waals surface area contributed by atoms with Gasteiger partial charge in [-0.3, -0.25) is 0 Å². The summed E-state index contributed by atoms with van der Waals surface area (Å²) in [6, 6.07) is 18.8. The summed E-state index contributed by atoms with van der Waals surface area (Å²) in [5, 5.41) is 3.33. The standard InChI is InChI=1S/C23H25N/c1-2-3-4-5-6-10-19-24-20-11-12-21-15-17-23(18-16-21)22-13-8-7-9-14-22/h3-9,13-18,24H,2,10,19-20H2,1H3/b4-3-,6-5?.